The predicted octanol–water partition coefficient (Wildman–Crippen LogP) is 1.40. The lowest BCUT2D eigenvalue weighted by molar-refractivity contribution is 0.139. The predicted molar refractivity (Wildman–Crippen MR) is 65.9 cm³/mol. The van der Waals surface area contributed by atoms with Crippen molar-refractivity contribution in [3.05, 3.63) is 0 Å². The highest BCUT2D eigenvalue weighted by Crippen LogP contribution is 1.97. The van der Waals surface area contributed by atoms with E-state index in [0.29, 0.717) is 0 Å². The second-order valence-corrected chi connectivity index (χ2v) is 3.88. The highest BCUT2D eigenvalue weighted by atomic mass is 16.5. The first kappa shape index (κ1) is 15.8. The molecule has 0 aliphatic heterocycles. The van der Waals surface area contributed by atoms with Gasteiger partial charge in [0, 0.05) is 60.8 Å². The van der Waals surface area contributed by atoms with Crippen LogP contribution in [0.25, 0.3) is 0 Å². The summed E-state index contributed by atoms with van der Waals surface area (Å²) in [5.41, 5.74) is 0. The lowest BCUT2D eigenvalue weighted by Crippen LogP contribution is -2.29. The Labute approximate surface area is 99.9 Å². The fraction of sp³-hybridized carbons (Fsp3) is 1.00. The third-order valence-corrected chi connectivity index (χ3v) is 2.47. The molecule has 0 N–H and O–H groups in total. The third-order valence-electron chi connectivity index (χ3n) is 2.47. The van der Waals surface area contributed by atoms with Gasteiger partial charge in [-0.1, -0.05) is 0 Å². The quantitative estimate of drug-likeness (QED) is 0.477. The molecule has 0 aromatic heterocycles. The van der Waals surface area contributed by atoms with Gasteiger partial charge < -0.3 is 19.1 Å². The molecular weight excluding hydrogens is 206 g/mol. The first-order valence-electron chi connectivity index (χ1n) is 6.04. The maximum atomic E-state index is 5.07. The average molecular weight is 233 g/mol. The van der Waals surface area contributed by atoms with Gasteiger partial charge in [-0.2, -0.15) is 0 Å². The summed E-state index contributed by atoms with van der Waals surface area (Å²) in [6, 6.07) is 0. The molecule has 0 aliphatic carbocycles. The van der Waals surface area contributed by atoms with E-state index in [1.807, 2.05) is 0 Å². The van der Waals surface area contributed by atoms with E-state index in [1.165, 1.54) is 0 Å². The number of hydrogen-bond acceptors (Lipinski definition) is 4. The molecule has 0 fully saturated rings. The van der Waals surface area contributed by atoms with Crippen LogP contribution in [0.15, 0.2) is 0 Å². The van der Waals surface area contributed by atoms with Crippen LogP contribution in [0.2, 0.25) is 0 Å². The van der Waals surface area contributed by atoms with Gasteiger partial charge in [-0.05, 0) is 19.3 Å². The summed E-state index contributed by atoms with van der Waals surface area (Å²) in [5, 5.41) is 0. The van der Waals surface area contributed by atoms with Crippen molar-refractivity contribution >= 4 is 0 Å². The lowest BCUT2D eigenvalue weighted by atomic mass is 10.3. The van der Waals surface area contributed by atoms with E-state index in [0.717, 1.165) is 58.7 Å². The van der Waals surface area contributed by atoms with Crippen LogP contribution < -0.4 is 0 Å². The van der Waals surface area contributed by atoms with Crippen LogP contribution in [-0.2, 0) is 14.2 Å². The lowest BCUT2D eigenvalue weighted by Gasteiger charge is -2.21. The smallest absolute Gasteiger partial charge is 0.0474 e. The maximum absolute atomic E-state index is 5.07. The van der Waals surface area contributed by atoms with Gasteiger partial charge >= 0.3 is 0 Å². The molecule has 0 spiro atoms. The summed E-state index contributed by atoms with van der Waals surface area (Å²) in [5.74, 6) is 0. The van der Waals surface area contributed by atoms with E-state index in [-0.39, 0.29) is 0 Å². The van der Waals surface area contributed by atoms with Gasteiger partial charge in [0.2, 0.25) is 0 Å². The number of rotatable bonds is 12. The molecular formula is C12H27NO3. The van der Waals surface area contributed by atoms with Crippen LogP contribution in [0.3, 0.4) is 0 Å². The molecule has 0 radical (unpaired) electrons. The van der Waals surface area contributed by atoms with E-state index >= 15 is 0 Å². The van der Waals surface area contributed by atoms with Crippen LogP contribution in [0.4, 0.5) is 0 Å². The van der Waals surface area contributed by atoms with Gasteiger partial charge in [0.15, 0.2) is 0 Å². The molecule has 98 valence electrons. The Bertz CT molecular complexity index is 110. The standard InChI is InChI=1S/C12H27NO3/c1-14-10-4-7-13(8-5-11-15-2)9-6-12-16-3/h4-12H2,1-3H3. The second-order valence-electron chi connectivity index (χ2n) is 3.88. The minimum atomic E-state index is 0.838. The fourth-order valence-electron chi connectivity index (χ4n) is 1.63. The van der Waals surface area contributed by atoms with Crippen molar-refractivity contribution < 1.29 is 14.2 Å². The van der Waals surface area contributed by atoms with Crippen molar-refractivity contribution in [2.45, 2.75) is 19.3 Å². The molecule has 0 atom stereocenters. The Hall–Kier alpha value is -0.160. The van der Waals surface area contributed by atoms with Crippen molar-refractivity contribution in [3.63, 3.8) is 0 Å². The van der Waals surface area contributed by atoms with Crippen LogP contribution in [0.1, 0.15) is 19.3 Å². The van der Waals surface area contributed by atoms with E-state index in [9.17, 15) is 0 Å². The Morgan fingerprint density at radius 3 is 1.19 bits per heavy atom. The van der Waals surface area contributed by atoms with Gasteiger partial charge in [0.25, 0.3) is 0 Å². The monoisotopic (exact) mass is 233 g/mol. The highest BCUT2D eigenvalue weighted by molar-refractivity contribution is 4.58. The zero-order valence-corrected chi connectivity index (χ0v) is 11.0. The zero-order valence-electron chi connectivity index (χ0n) is 11.0. The number of methoxy groups -OCH3 is 3. The topological polar surface area (TPSA) is 30.9 Å². The van der Waals surface area contributed by atoms with Crippen molar-refractivity contribution in [1.29, 1.82) is 0 Å². The van der Waals surface area contributed by atoms with Crippen LogP contribution in [0, 0.1) is 0 Å². The van der Waals surface area contributed by atoms with E-state index in [2.05, 4.69) is 4.90 Å². The molecule has 0 heterocycles. The third kappa shape index (κ3) is 10.4. The van der Waals surface area contributed by atoms with Crippen molar-refractivity contribution in [1.82, 2.24) is 4.90 Å². The molecule has 0 aliphatic rings. The summed E-state index contributed by atoms with van der Waals surface area (Å²) in [6.07, 6.45) is 3.28. The minimum absolute atomic E-state index is 0.838. The van der Waals surface area contributed by atoms with Crippen molar-refractivity contribution in [3.8, 4) is 0 Å². The fourth-order valence-corrected chi connectivity index (χ4v) is 1.63. The molecule has 4 heteroatoms. The molecule has 0 amide bonds. The Kier molecular flexibility index (Phi) is 12.8. The minimum Gasteiger partial charge on any atom is -0.385 e. The Morgan fingerprint density at radius 2 is 0.938 bits per heavy atom. The van der Waals surface area contributed by atoms with Gasteiger partial charge in [-0.3, -0.25) is 0 Å². The summed E-state index contributed by atoms with van der Waals surface area (Å²) >= 11 is 0. The zero-order chi connectivity index (χ0) is 12.1. The highest BCUT2D eigenvalue weighted by Gasteiger charge is 2.03. The summed E-state index contributed by atoms with van der Waals surface area (Å²) < 4.78 is 15.2. The van der Waals surface area contributed by atoms with E-state index < -0.39 is 0 Å². The van der Waals surface area contributed by atoms with Crippen molar-refractivity contribution in [2.24, 2.45) is 0 Å². The molecule has 4 nitrogen and oxygen atoms in total. The summed E-state index contributed by atoms with van der Waals surface area (Å²) in [4.78, 5) is 2.46. The molecule has 0 aromatic carbocycles. The first-order valence-corrected chi connectivity index (χ1v) is 6.04. The van der Waals surface area contributed by atoms with Crippen LogP contribution in [0.5, 0.6) is 0 Å². The van der Waals surface area contributed by atoms with Gasteiger partial charge in [0.1, 0.15) is 0 Å². The average Bonchev–Trinajstić information content (AvgIpc) is 2.29. The molecule has 0 saturated heterocycles. The van der Waals surface area contributed by atoms with Gasteiger partial charge in [0.05, 0.1) is 0 Å². The second kappa shape index (κ2) is 12.9. The normalized spacial score (nSPS) is 11.2. The molecule has 0 rings (SSSR count). The maximum Gasteiger partial charge on any atom is 0.0474 e. The molecule has 0 aromatic rings. The van der Waals surface area contributed by atoms with E-state index in [1.54, 1.807) is 21.3 Å². The van der Waals surface area contributed by atoms with Crippen LogP contribution in [-0.4, -0.2) is 65.7 Å². The Balaban J connectivity index is 3.58. The molecule has 0 saturated carbocycles. The first-order chi connectivity index (χ1) is 7.85. The van der Waals surface area contributed by atoms with Gasteiger partial charge in [-0.15, -0.1) is 0 Å². The number of hydrogen-bond donors (Lipinski definition) is 0. The molecule has 0 bridgehead atoms. The van der Waals surface area contributed by atoms with Crippen LogP contribution >= 0.6 is 0 Å². The number of ether oxygens (including phenoxy) is 3. The largest absolute Gasteiger partial charge is 0.385 e. The molecule has 0 unspecified atom stereocenters. The Morgan fingerprint density at radius 1 is 0.625 bits per heavy atom. The SMILES string of the molecule is COCCCN(CCCOC)CCCOC. The summed E-state index contributed by atoms with van der Waals surface area (Å²) in [6.45, 7) is 5.81. The van der Waals surface area contributed by atoms with Gasteiger partial charge in [-0.25, -0.2) is 0 Å². The molecule has 16 heavy (non-hydrogen) atoms. The summed E-state index contributed by atoms with van der Waals surface area (Å²) in [7, 11) is 5.25. The van der Waals surface area contributed by atoms with E-state index in [4.69, 9.17) is 14.2 Å². The number of nitrogens with zero attached hydrogens (tertiary/aromatic N) is 1. The van der Waals surface area contributed by atoms with Crippen molar-refractivity contribution in [2.75, 3.05) is 60.8 Å².